The van der Waals surface area contributed by atoms with Crippen molar-refractivity contribution in [3.8, 4) is 0 Å². The fourth-order valence-corrected chi connectivity index (χ4v) is 1.88. The van der Waals surface area contributed by atoms with Crippen LogP contribution < -0.4 is 0 Å². The summed E-state index contributed by atoms with van der Waals surface area (Å²) in [6.45, 7) is 36.7. The predicted molar refractivity (Wildman–Crippen MR) is 164 cm³/mol. The van der Waals surface area contributed by atoms with E-state index in [0.717, 1.165) is 0 Å². The standard InChI is InChI=1S/3C10H20O.C2H6N.Ti/c3*1-9(2,3)7-8(11)10(4,5)6;1-3-2;/h3*7,11H,1-6H3;1-2H3;/q;;;-1;. The predicted octanol–water partition coefficient (Wildman–Crippen LogP) is 11.2. The fraction of sp³-hybridized carbons (Fsp3) is 0.812. The minimum Gasteiger partial charge on any atom is -0.668 e. The van der Waals surface area contributed by atoms with E-state index in [2.05, 4.69) is 67.6 Å². The second-order valence-electron chi connectivity index (χ2n) is 15.9. The molecule has 0 fully saturated rings. The van der Waals surface area contributed by atoms with Crippen LogP contribution in [0.2, 0.25) is 0 Å². The monoisotopic (exact) mass is 560 g/mol. The van der Waals surface area contributed by atoms with Gasteiger partial charge in [-0.05, 0) is 34.5 Å². The Bertz CT molecular complexity index is 581. The maximum Gasteiger partial charge on any atom is 0.0941 e. The average Bonchev–Trinajstić information content (AvgIpc) is 2.49. The van der Waals surface area contributed by atoms with E-state index in [1.54, 1.807) is 14.1 Å². The van der Waals surface area contributed by atoms with Crippen LogP contribution in [0.15, 0.2) is 35.5 Å². The van der Waals surface area contributed by atoms with E-state index in [4.69, 9.17) is 0 Å². The number of allylic oxidation sites excluding steroid dienone is 6. The first-order valence-electron chi connectivity index (χ1n) is 13.0. The zero-order valence-corrected chi connectivity index (χ0v) is 30.1. The summed E-state index contributed by atoms with van der Waals surface area (Å²) in [6.07, 6.45) is 5.73. The van der Waals surface area contributed by atoms with Gasteiger partial charge < -0.3 is 20.6 Å². The van der Waals surface area contributed by atoms with Crippen LogP contribution in [0, 0.1) is 32.5 Å². The Morgan fingerprint density at radius 2 is 0.514 bits per heavy atom. The fourth-order valence-electron chi connectivity index (χ4n) is 1.88. The van der Waals surface area contributed by atoms with Crippen LogP contribution in [0.3, 0.4) is 0 Å². The molecule has 0 unspecified atom stereocenters. The first-order chi connectivity index (χ1) is 15.3. The third kappa shape index (κ3) is 37.5. The summed E-state index contributed by atoms with van der Waals surface area (Å²) < 4.78 is 0. The Labute approximate surface area is 248 Å². The summed E-state index contributed by atoms with van der Waals surface area (Å²) in [4.78, 5) is 0. The molecule has 0 spiro atoms. The van der Waals surface area contributed by atoms with Crippen LogP contribution >= 0.6 is 0 Å². The van der Waals surface area contributed by atoms with Gasteiger partial charge in [-0.1, -0.05) is 125 Å². The zero-order chi connectivity index (χ0) is 30.6. The maximum atomic E-state index is 9.58. The topological polar surface area (TPSA) is 74.8 Å². The van der Waals surface area contributed by atoms with Gasteiger partial charge in [0.05, 0.1) is 17.3 Å². The van der Waals surface area contributed by atoms with Crippen molar-refractivity contribution in [1.82, 2.24) is 0 Å². The van der Waals surface area contributed by atoms with Gasteiger partial charge in [-0.15, -0.1) is 0 Å². The molecule has 0 atom stereocenters. The number of hydrogen-bond acceptors (Lipinski definition) is 3. The van der Waals surface area contributed by atoms with E-state index in [0.29, 0.717) is 17.3 Å². The third-order valence-corrected chi connectivity index (χ3v) is 4.01. The normalized spacial score (nSPS) is 14.1. The van der Waals surface area contributed by atoms with E-state index < -0.39 is 0 Å². The van der Waals surface area contributed by atoms with Gasteiger partial charge in [0.1, 0.15) is 0 Å². The summed E-state index contributed by atoms with van der Waals surface area (Å²) in [6, 6.07) is 0. The van der Waals surface area contributed by atoms with E-state index in [9.17, 15) is 15.3 Å². The molecule has 0 aromatic carbocycles. The van der Waals surface area contributed by atoms with E-state index in [-0.39, 0.29) is 54.2 Å². The third-order valence-electron chi connectivity index (χ3n) is 4.01. The molecule has 0 aromatic heterocycles. The van der Waals surface area contributed by atoms with E-state index in [1.807, 2.05) is 80.5 Å². The van der Waals surface area contributed by atoms with Gasteiger partial charge in [-0.3, -0.25) is 0 Å². The molecule has 5 heteroatoms. The molecule has 0 saturated heterocycles. The molecule has 37 heavy (non-hydrogen) atoms. The summed E-state index contributed by atoms with van der Waals surface area (Å²) in [5.74, 6) is 1.43. The molecular formula is C32H66NO3Ti-. The summed E-state index contributed by atoms with van der Waals surface area (Å²) in [7, 11) is 3.50. The molecule has 0 saturated carbocycles. The van der Waals surface area contributed by atoms with Crippen molar-refractivity contribution in [3.63, 3.8) is 0 Å². The van der Waals surface area contributed by atoms with Crippen molar-refractivity contribution in [2.75, 3.05) is 14.1 Å². The summed E-state index contributed by atoms with van der Waals surface area (Å²) in [5, 5.41) is 32.2. The Morgan fingerprint density at radius 3 is 0.541 bits per heavy atom. The Balaban J connectivity index is -0.000000129. The van der Waals surface area contributed by atoms with Crippen LogP contribution in [-0.2, 0) is 21.7 Å². The first-order valence-corrected chi connectivity index (χ1v) is 13.0. The van der Waals surface area contributed by atoms with Crippen LogP contribution in [-0.4, -0.2) is 29.4 Å². The van der Waals surface area contributed by atoms with Crippen LogP contribution in [0.4, 0.5) is 0 Å². The Hall–Kier alpha value is -0.706. The molecule has 0 aliphatic heterocycles. The van der Waals surface area contributed by atoms with Crippen molar-refractivity contribution >= 4 is 0 Å². The van der Waals surface area contributed by atoms with Crippen LogP contribution in [0.25, 0.3) is 5.32 Å². The van der Waals surface area contributed by atoms with Gasteiger partial charge in [0.15, 0.2) is 0 Å². The maximum absolute atomic E-state index is 9.58. The van der Waals surface area contributed by atoms with Crippen LogP contribution in [0.1, 0.15) is 125 Å². The molecule has 0 radical (unpaired) electrons. The Kier molecular flexibility index (Phi) is 22.2. The SMILES string of the molecule is CC(C)(C)C=C(O)C(C)(C)C.CC(C)(C)C=C(O)C(C)(C)C.CC(C)(C)C=C(O)C(C)(C)C.C[N-]C.[Ti]. The second-order valence-corrected chi connectivity index (χ2v) is 15.9. The smallest absolute Gasteiger partial charge is 0.0941 e. The van der Waals surface area contributed by atoms with Gasteiger partial charge in [0.25, 0.3) is 0 Å². The molecule has 0 aliphatic rings. The van der Waals surface area contributed by atoms with Crippen molar-refractivity contribution in [3.05, 3.63) is 40.8 Å². The Morgan fingerprint density at radius 1 is 0.405 bits per heavy atom. The van der Waals surface area contributed by atoms with Gasteiger partial charge in [-0.25, -0.2) is 0 Å². The molecule has 0 rings (SSSR count). The van der Waals surface area contributed by atoms with Crippen molar-refractivity contribution in [2.24, 2.45) is 32.5 Å². The molecule has 3 N–H and O–H groups in total. The average molecular weight is 561 g/mol. The number of rotatable bonds is 0. The molecule has 4 nitrogen and oxygen atoms in total. The number of aliphatic hydroxyl groups is 3. The van der Waals surface area contributed by atoms with Gasteiger partial charge in [-0.2, -0.15) is 14.1 Å². The molecule has 0 amide bonds. The molecule has 0 heterocycles. The van der Waals surface area contributed by atoms with Crippen molar-refractivity contribution in [1.29, 1.82) is 0 Å². The van der Waals surface area contributed by atoms with Gasteiger partial charge in [0.2, 0.25) is 0 Å². The molecule has 0 aliphatic carbocycles. The largest absolute Gasteiger partial charge is 0.668 e. The number of hydrogen-bond donors (Lipinski definition) is 3. The molecular weight excluding hydrogens is 494 g/mol. The quantitative estimate of drug-likeness (QED) is 0.204. The van der Waals surface area contributed by atoms with E-state index in [1.165, 1.54) is 0 Å². The molecule has 0 aromatic rings. The number of nitrogens with zero attached hydrogens (tertiary/aromatic N) is 1. The first kappa shape index (κ1) is 46.2. The minimum absolute atomic E-state index is 0. The minimum atomic E-state index is -0.118. The number of aliphatic hydroxyl groups excluding tert-OH is 3. The molecule has 0 bridgehead atoms. The summed E-state index contributed by atoms with van der Waals surface area (Å²) in [5.41, 5.74) is -0.153. The van der Waals surface area contributed by atoms with Crippen molar-refractivity contribution in [2.45, 2.75) is 125 Å². The van der Waals surface area contributed by atoms with Gasteiger partial charge >= 0.3 is 0 Å². The zero-order valence-electron chi connectivity index (χ0n) is 28.5. The van der Waals surface area contributed by atoms with Gasteiger partial charge in [0, 0.05) is 38.0 Å². The van der Waals surface area contributed by atoms with Crippen LogP contribution in [0.5, 0.6) is 0 Å². The summed E-state index contributed by atoms with van der Waals surface area (Å²) >= 11 is 0. The van der Waals surface area contributed by atoms with E-state index >= 15 is 0 Å². The van der Waals surface area contributed by atoms with Crippen molar-refractivity contribution < 1.29 is 37.0 Å². The molecule has 222 valence electrons. The second kappa shape index (κ2) is 17.8.